The third kappa shape index (κ3) is 5.05. The maximum absolute atomic E-state index is 12.7. The van der Waals surface area contributed by atoms with Gasteiger partial charge in [0.05, 0.1) is 16.2 Å². The van der Waals surface area contributed by atoms with E-state index >= 15 is 0 Å². The average Bonchev–Trinajstić information content (AvgIpc) is 3.26. The Bertz CT molecular complexity index is 768. The maximum Gasteiger partial charge on any atom is 0.341 e. The van der Waals surface area contributed by atoms with Gasteiger partial charge in [0, 0.05) is 38.3 Å². The lowest BCUT2D eigenvalue weighted by atomic mass is 9.87. The van der Waals surface area contributed by atoms with Crippen LogP contribution < -0.4 is 4.90 Å². The van der Waals surface area contributed by atoms with Crippen LogP contribution in [0.5, 0.6) is 0 Å². The molecule has 8 nitrogen and oxygen atoms in total. The molecule has 2 fully saturated rings. The Balaban J connectivity index is 1.66. The van der Waals surface area contributed by atoms with E-state index in [2.05, 4.69) is 6.92 Å². The number of hydrogen-bond donors (Lipinski definition) is 0. The van der Waals surface area contributed by atoms with Gasteiger partial charge in [-0.25, -0.2) is 4.79 Å². The molecule has 1 saturated carbocycles. The molecule has 1 amide bonds. The van der Waals surface area contributed by atoms with Gasteiger partial charge in [-0.05, 0) is 50.5 Å². The molecular weight excluding hydrogens is 374 g/mol. The van der Waals surface area contributed by atoms with Crippen molar-refractivity contribution < 1.29 is 19.2 Å². The number of carbonyl (C=O) groups is 2. The highest BCUT2D eigenvalue weighted by Crippen LogP contribution is 2.29. The summed E-state index contributed by atoms with van der Waals surface area (Å²) in [6.45, 7) is 3.44. The molecule has 1 saturated heterocycles. The normalized spacial score (nSPS) is 21.7. The van der Waals surface area contributed by atoms with Crippen molar-refractivity contribution in [2.75, 3.05) is 31.6 Å². The number of esters is 1. The zero-order valence-corrected chi connectivity index (χ0v) is 17.1. The minimum absolute atomic E-state index is 0.142. The number of nitro benzene ring substituents is 1. The summed E-state index contributed by atoms with van der Waals surface area (Å²) < 4.78 is 5.28. The minimum atomic E-state index is -0.699. The lowest BCUT2D eigenvalue weighted by Crippen LogP contribution is -2.41. The Morgan fingerprint density at radius 1 is 1.21 bits per heavy atom. The van der Waals surface area contributed by atoms with E-state index < -0.39 is 10.9 Å². The van der Waals surface area contributed by atoms with E-state index in [0.717, 1.165) is 51.6 Å². The van der Waals surface area contributed by atoms with Crippen molar-refractivity contribution in [2.24, 2.45) is 5.92 Å². The third-order valence-electron chi connectivity index (χ3n) is 6.11. The van der Waals surface area contributed by atoms with Gasteiger partial charge in [0.25, 0.3) is 11.6 Å². The highest BCUT2D eigenvalue weighted by molar-refractivity contribution is 5.97. The Kier molecular flexibility index (Phi) is 6.71. The molecule has 1 aromatic rings. The number of ether oxygens (including phenoxy) is 1. The first-order valence-electron chi connectivity index (χ1n) is 10.3. The van der Waals surface area contributed by atoms with Crippen molar-refractivity contribution in [1.82, 2.24) is 4.90 Å². The zero-order chi connectivity index (χ0) is 21.0. The van der Waals surface area contributed by atoms with Crippen LogP contribution in [0.3, 0.4) is 0 Å². The van der Waals surface area contributed by atoms with Gasteiger partial charge in [-0.3, -0.25) is 14.9 Å². The highest BCUT2D eigenvalue weighted by Gasteiger charge is 2.27. The smallest absolute Gasteiger partial charge is 0.341 e. The van der Waals surface area contributed by atoms with Crippen molar-refractivity contribution in [2.45, 2.75) is 51.5 Å². The molecule has 8 heteroatoms. The standard InChI is InChI=1S/C21H29N3O5/c1-15-5-7-16(8-6-15)22(2)20(25)14-29-21(26)18-13-17(24(27)28)9-10-19(18)23-11-3-4-12-23/h9-10,13,15-16H,3-8,11-12,14H2,1-2H3. The Morgan fingerprint density at radius 3 is 2.48 bits per heavy atom. The van der Waals surface area contributed by atoms with Crippen molar-refractivity contribution in [1.29, 1.82) is 0 Å². The van der Waals surface area contributed by atoms with Crippen LogP contribution in [0.1, 0.15) is 55.8 Å². The van der Waals surface area contributed by atoms with Crippen LogP contribution >= 0.6 is 0 Å². The lowest BCUT2D eigenvalue weighted by Gasteiger charge is -2.33. The van der Waals surface area contributed by atoms with E-state index in [1.54, 1.807) is 18.0 Å². The number of rotatable bonds is 6. The SMILES string of the molecule is CC1CCC(N(C)C(=O)COC(=O)c2cc([N+](=O)[O-])ccc2N2CCCC2)CC1. The van der Waals surface area contributed by atoms with E-state index in [1.807, 2.05) is 4.90 Å². The Hall–Kier alpha value is -2.64. The Morgan fingerprint density at radius 2 is 1.86 bits per heavy atom. The van der Waals surface area contributed by atoms with E-state index in [9.17, 15) is 19.7 Å². The molecule has 0 N–H and O–H groups in total. The van der Waals surface area contributed by atoms with Crippen molar-refractivity contribution >= 4 is 23.3 Å². The van der Waals surface area contributed by atoms with Gasteiger partial charge in [-0.15, -0.1) is 0 Å². The monoisotopic (exact) mass is 403 g/mol. The second kappa shape index (κ2) is 9.24. The molecular formula is C21H29N3O5. The third-order valence-corrected chi connectivity index (χ3v) is 6.11. The Labute approximate surface area is 171 Å². The molecule has 1 aliphatic heterocycles. The maximum atomic E-state index is 12.7. The van der Waals surface area contributed by atoms with Gasteiger partial charge in [-0.1, -0.05) is 6.92 Å². The van der Waals surface area contributed by atoms with Gasteiger partial charge in [-0.2, -0.15) is 0 Å². The molecule has 1 aliphatic carbocycles. The van der Waals surface area contributed by atoms with E-state index in [4.69, 9.17) is 4.74 Å². The van der Waals surface area contributed by atoms with Gasteiger partial charge in [0.1, 0.15) is 0 Å². The lowest BCUT2D eigenvalue weighted by molar-refractivity contribution is -0.384. The molecule has 0 atom stereocenters. The predicted molar refractivity (Wildman–Crippen MR) is 109 cm³/mol. The predicted octanol–water partition coefficient (Wildman–Crippen LogP) is 3.39. The number of amides is 1. The van der Waals surface area contributed by atoms with Gasteiger partial charge < -0.3 is 14.5 Å². The molecule has 158 valence electrons. The number of nitrogens with zero attached hydrogens (tertiary/aromatic N) is 3. The summed E-state index contributed by atoms with van der Waals surface area (Å²) in [5.74, 6) is -0.258. The van der Waals surface area contributed by atoms with Gasteiger partial charge in [0.15, 0.2) is 6.61 Å². The molecule has 0 unspecified atom stereocenters. The molecule has 0 radical (unpaired) electrons. The molecule has 0 spiro atoms. The molecule has 1 heterocycles. The average molecular weight is 403 g/mol. The number of benzene rings is 1. The fraction of sp³-hybridized carbons (Fsp3) is 0.619. The second-order valence-electron chi connectivity index (χ2n) is 8.15. The number of hydrogen-bond acceptors (Lipinski definition) is 6. The van der Waals surface area contributed by atoms with Crippen LogP contribution in [0.25, 0.3) is 0 Å². The molecule has 1 aromatic carbocycles. The number of carbonyl (C=O) groups excluding carboxylic acids is 2. The summed E-state index contributed by atoms with van der Waals surface area (Å²) >= 11 is 0. The fourth-order valence-corrected chi connectivity index (χ4v) is 4.18. The largest absolute Gasteiger partial charge is 0.452 e. The van der Waals surface area contributed by atoms with Crippen LogP contribution in [0.4, 0.5) is 11.4 Å². The van der Waals surface area contributed by atoms with Crippen molar-refractivity contribution in [3.05, 3.63) is 33.9 Å². The number of likely N-dealkylation sites (N-methyl/N-ethyl adjacent to an activating group) is 1. The summed E-state index contributed by atoms with van der Waals surface area (Å²) in [5, 5.41) is 11.1. The van der Waals surface area contributed by atoms with Crippen LogP contribution in [-0.2, 0) is 9.53 Å². The van der Waals surface area contributed by atoms with Gasteiger partial charge in [0.2, 0.25) is 0 Å². The first-order chi connectivity index (χ1) is 13.9. The van der Waals surface area contributed by atoms with Crippen LogP contribution in [0.15, 0.2) is 18.2 Å². The first-order valence-corrected chi connectivity index (χ1v) is 10.3. The minimum Gasteiger partial charge on any atom is -0.452 e. The van der Waals surface area contributed by atoms with E-state index in [0.29, 0.717) is 11.6 Å². The van der Waals surface area contributed by atoms with Crippen LogP contribution in [-0.4, -0.2) is 54.5 Å². The van der Waals surface area contributed by atoms with Crippen molar-refractivity contribution in [3.63, 3.8) is 0 Å². The molecule has 29 heavy (non-hydrogen) atoms. The van der Waals surface area contributed by atoms with Crippen LogP contribution in [0, 0.1) is 16.0 Å². The molecule has 2 aliphatic rings. The van der Waals surface area contributed by atoms with Crippen LogP contribution in [0.2, 0.25) is 0 Å². The van der Waals surface area contributed by atoms with Gasteiger partial charge >= 0.3 is 5.97 Å². The summed E-state index contributed by atoms with van der Waals surface area (Å²) in [6, 6.07) is 4.41. The molecule has 0 bridgehead atoms. The number of non-ortho nitro benzene ring substituents is 1. The topological polar surface area (TPSA) is 93.0 Å². The fourth-order valence-electron chi connectivity index (χ4n) is 4.18. The summed E-state index contributed by atoms with van der Waals surface area (Å²) in [5.41, 5.74) is 0.600. The van der Waals surface area contributed by atoms with Crippen molar-refractivity contribution in [3.8, 4) is 0 Å². The molecule has 3 rings (SSSR count). The highest BCUT2D eigenvalue weighted by atomic mass is 16.6. The first kappa shape index (κ1) is 21.1. The second-order valence-corrected chi connectivity index (χ2v) is 8.15. The number of nitro groups is 1. The van der Waals surface area contributed by atoms with E-state index in [1.165, 1.54) is 12.1 Å². The summed E-state index contributed by atoms with van der Waals surface area (Å²) in [6.07, 6.45) is 6.12. The molecule has 0 aromatic heterocycles. The zero-order valence-electron chi connectivity index (χ0n) is 17.1. The summed E-state index contributed by atoms with van der Waals surface area (Å²) in [4.78, 5) is 39.5. The number of anilines is 1. The summed E-state index contributed by atoms with van der Waals surface area (Å²) in [7, 11) is 1.75. The quantitative estimate of drug-likeness (QED) is 0.411. The van der Waals surface area contributed by atoms with E-state index in [-0.39, 0.29) is 29.8 Å².